The summed E-state index contributed by atoms with van der Waals surface area (Å²) in [6, 6.07) is 14.4. The number of aromatic amines is 1. The van der Waals surface area contributed by atoms with E-state index in [1.807, 2.05) is 24.3 Å². The number of rotatable bonds is 20. The van der Waals surface area contributed by atoms with Crippen LogP contribution < -0.4 is 9.88 Å². The zero-order chi connectivity index (χ0) is 26.1. The molecule has 0 unspecified atom stereocenters. The highest BCUT2D eigenvalue weighted by Gasteiger charge is 2.17. The summed E-state index contributed by atoms with van der Waals surface area (Å²) in [6.45, 7) is 7.65. The standard InChI is InChI=1S/C33H49N3O/c1-3-5-6-7-8-9-10-11-12-13-14-15-16-19-26-36-31-25-18-17-24-30(31)35-33(36)34-27-29-23-20-22-28(21-4-2)32(29)37/h4,17-18,20,22-25H,2-3,5-16,19,21,26-27H2,1H3,(H2,34,35,37)/p+1. The van der Waals surface area contributed by atoms with Crippen molar-refractivity contribution in [3.05, 3.63) is 66.2 Å². The molecular weight excluding hydrogens is 454 g/mol. The quantitative estimate of drug-likeness (QED) is 0.0817. The highest BCUT2D eigenvalue weighted by Crippen LogP contribution is 2.24. The van der Waals surface area contributed by atoms with Crippen molar-refractivity contribution in [1.29, 1.82) is 0 Å². The van der Waals surface area contributed by atoms with Gasteiger partial charge >= 0.3 is 5.95 Å². The van der Waals surface area contributed by atoms with Crippen molar-refractivity contribution in [2.45, 2.75) is 116 Å². The Balaban J connectivity index is 1.40. The van der Waals surface area contributed by atoms with E-state index >= 15 is 0 Å². The number of fused-ring (bicyclic) bond motifs is 1. The number of unbranched alkanes of at least 4 members (excludes halogenated alkanes) is 13. The Kier molecular flexibility index (Phi) is 13.2. The van der Waals surface area contributed by atoms with Gasteiger partial charge in [0.05, 0.1) is 13.1 Å². The Hall–Kier alpha value is -2.75. The summed E-state index contributed by atoms with van der Waals surface area (Å²) in [5.41, 5.74) is 4.19. The van der Waals surface area contributed by atoms with Crippen LogP contribution in [0.1, 0.15) is 108 Å². The van der Waals surface area contributed by atoms with Gasteiger partial charge in [0.15, 0.2) is 0 Å². The number of aromatic nitrogens is 2. The lowest BCUT2D eigenvalue weighted by Crippen LogP contribution is -2.36. The number of phenols is 1. The highest BCUT2D eigenvalue weighted by molar-refractivity contribution is 5.72. The second kappa shape index (κ2) is 16.9. The normalized spacial score (nSPS) is 11.3. The minimum atomic E-state index is 0.365. The van der Waals surface area contributed by atoms with Gasteiger partial charge in [-0.2, -0.15) is 0 Å². The first kappa shape index (κ1) is 28.8. The molecule has 0 bridgehead atoms. The first-order chi connectivity index (χ1) is 18.2. The molecule has 3 rings (SSSR count). The number of hydrogen-bond donors (Lipinski definition) is 3. The minimum Gasteiger partial charge on any atom is -0.507 e. The van der Waals surface area contributed by atoms with Crippen LogP contribution in [0.25, 0.3) is 11.0 Å². The van der Waals surface area contributed by atoms with Crippen molar-refractivity contribution in [3.63, 3.8) is 0 Å². The molecule has 4 nitrogen and oxygen atoms in total. The number of benzene rings is 2. The summed E-state index contributed by atoms with van der Waals surface area (Å²) in [5, 5.41) is 14.2. The largest absolute Gasteiger partial charge is 0.507 e. The molecule has 0 saturated heterocycles. The first-order valence-corrected chi connectivity index (χ1v) is 14.9. The van der Waals surface area contributed by atoms with Gasteiger partial charge in [0.1, 0.15) is 16.8 Å². The summed E-state index contributed by atoms with van der Waals surface area (Å²) < 4.78 is 2.36. The molecule has 0 aliphatic heterocycles. The van der Waals surface area contributed by atoms with E-state index in [4.69, 9.17) is 0 Å². The fraction of sp³-hybridized carbons (Fsp3) is 0.545. The third-order valence-corrected chi connectivity index (χ3v) is 7.47. The second-order valence-corrected chi connectivity index (χ2v) is 10.5. The molecule has 0 atom stereocenters. The third-order valence-electron chi connectivity index (χ3n) is 7.47. The number of hydrogen-bond acceptors (Lipinski definition) is 2. The molecule has 1 heterocycles. The number of aryl methyl sites for hydroxylation is 1. The van der Waals surface area contributed by atoms with Crippen molar-refractivity contribution in [1.82, 2.24) is 4.98 Å². The minimum absolute atomic E-state index is 0.365. The van der Waals surface area contributed by atoms with Gasteiger partial charge in [-0.1, -0.05) is 127 Å². The van der Waals surface area contributed by atoms with Crippen molar-refractivity contribution >= 4 is 17.0 Å². The van der Waals surface area contributed by atoms with Gasteiger partial charge in [-0.15, -0.1) is 6.58 Å². The summed E-state index contributed by atoms with van der Waals surface area (Å²) >= 11 is 0. The number of anilines is 1. The molecule has 0 saturated carbocycles. The van der Waals surface area contributed by atoms with E-state index in [1.165, 1.54) is 95.4 Å². The van der Waals surface area contributed by atoms with Crippen molar-refractivity contribution in [2.75, 3.05) is 5.32 Å². The Morgan fingerprint density at radius 3 is 2.03 bits per heavy atom. The van der Waals surface area contributed by atoms with Gasteiger partial charge in [0.25, 0.3) is 0 Å². The van der Waals surface area contributed by atoms with Crippen LogP contribution in [0, 0.1) is 0 Å². The van der Waals surface area contributed by atoms with Crippen LogP contribution in [0.4, 0.5) is 5.95 Å². The monoisotopic (exact) mass is 504 g/mol. The van der Waals surface area contributed by atoms with Crippen LogP contribution in [-0.4, -0.2) is 10.1 Å². The van der Waals surface area contributed by atoms with Crippen LogP contribution >= 0.6 is 0 Å². The number of H-pyrrole nitrogens is 1. The predicted molar refractivity (Wildman–Crippen MR) is 158 cm³/mol. The molecule has 3 N–H and O–H groups in total. The molecule has 0 amide bonds. The first-order valence-electron chi connectivity index (χ1n) is 14.9. The van der Waals surface area contributed by atoms with Crippen LogP contribution in [0.3, 0.4) is 0 Å². The SMILES string of the molecule is C=CCc1cccc(CNc2[nH]c3ccccc3[n+]2CCCCCCCCCCCCCCCC)c1O. The maximum absolute atomic E-state index is 10.6. The van der Waals surface area contributed by atoms with Gasteiger partial charge in [-0.05, 0) is 30.5 Å². The lowest BCUT2D eigenvalue weighted by atomic mass is 10.0. The van der Waals surface area contributed by atoms with Crippen LogP contribution in [-0.2, 0) is 19.5 Å². The third kappa shape index (κ3) is 9.57. The van der Waals surface area contributed by atoms with Crippen LogP contribution in [0.2, 0.25) is 0 Å². The molecule has 2 aromatic carbocycles. The van der Waals surface area contributed by atoms with E-state index in [2.05, 4.69) is 52.6 Å². The smallest absolute Gasteiger partial charge is 0.356 e. The predicted octanol–water partition coefficient (Wildman–Crippen LogP) is 8.98. The van der Waals surface area contributed by atoms with Crippen molar-refractivity contribution < 1.29 is 9.67 Å². The van der Waals surface area contributed by atoms with Crippen LogP contribution in [0.5, 0.6) is 5.75 Å². The fourth-order valence-electron chi connectivity index (χ4n) is 5.25. The zero-order valence-electron chi connectivity index (χ0n) is 23.2. The molecule has 0 aliphatic carbocycles. The van der Waals surface area contributed by atoms with E-state index in [0.717, 1.165) is 29.1 Å². The summed E-state index contributed by atoms with van der Waals surface area (Å²) in [7, 11) is 0. The summed E-state index contributed by atoms with van der Waals surface area (Å²) in [5.74, 6) is 1.37. The maximum Gasteiger partial charge on any atom is 0.356 e. The summed E-state index contributed by atoms with van der Waals surface area (Å²) in [6.07, 6.45) is 21.8. The van der Waals surface area contributed by atoms with E-state index in [9.17, 15) is 5.11 Å². The molecule has 3 aromatic rings. The lowest BCUT2D eigenvalue weighted by Gasteiger charge is -2.09. The number of aromatic hydroxyl groups is 1. The van der Waals surface area contributed by atoms with Crippen molar-refractivity contribution in [2.24, 2.45) is 0 Å². The van der Waals surface area contributed by atoms with E-state index < -0.39 is 0 Å². The Labute approximate surface area is 225 Å². The number of nitrogens with one attached hydrogen (secondary N) is 2. The maximum atomic E-state index is 10.6. The average molecular weight is 505 g/mol. The molecule has 0 radical (unpaired) electrons. The highest BCUT2D eigenvalue weighted by atomic mass is 16.3. The lowest BCUT2D eigenvalue weighted by molar-refractivity contribution is -0.657. The zero-order valence-corrected chi connectivity index (χ0v) is 23.2. The molecule has 0 aliphatic rings. The molecule has 202 valence electrons. The molecule has 0 fully saturated rings. The van der Waals surface area contributed by atoms with Gasteiger partial charge in [-0.25, -0.2) is 9.55 Å². The Morgan fingerprint density at radius 1 is 0.784 bits per heavy atom. The van der Waals surface area contributed by atoms with Crippen molar-refractivity contribution in [3.8, 4) is 5.75 Å². The Bertz CT molecular complexity index is 1050. The second-order valence-electron chi connectivity index (χ2n) is 10.5. The molecule has 37 heavy (non-hydrogen) atoms. The molecule has 1 aromatic heterocycles. The topological polar surface area (TPSA) is 51.9 Å². The molecule has 4 heteroatoms. The summed E-state index contributed by atoms with van der Waals surface area (Å²) in [4.78, 5) is 3.55. The van der Waals surface area contributed by atoms with Gasteiger partial charge in [0.2, 0.25) is 0 Å². The van der Waals surface area contributed by atoms with Gasteiger partial charge in [0, 0.05) is 5.56 Å². The number of nitrogens with zero attached hydrogens (tertiary/aromatic N) is 1. The fourth-order valence-corrected chi connectivity index (χ4v) is 5.25. The van der Waals surface area contributed by atoms with Gasteiger partial charge < -0.3 is 5.11 Å². The molecular formula is C33H50N3O+. The van der Waals surface area contributed by atoms with E-state index in [0.29, 0.717) is 18.7 Å². The Morgan fingerprint density at radius 2 is 1.38 bits per heavy atom. The number of phenolic OH excluding ortho intramolecular Hbond substituents is 1. The van der Waals surface area contributed by atoms with Crippen LogP contribution in [0.15, 0.2) is 55.1 Å². The number of imidazole rings is 1. The van der Waals surface area contributed by atoms with Gasteiger partial charge in [-0.3, -0.25) is 5.32 Å². The average Bonchev–Trinajstić information content (AvgIpc) is 3.27. The van der Waals surface area contributed by atoms with E-state index in [-0.39, 0.29) is 0 Å². The van der Waals surface area contributed by atoms with E-state index in [1.54, 1.807) is 0 Å². The number of allylic oxidation sites excluding steroid dienone is 1. The number of para-hydroxylation sites is 3. The molecule has 0 spiro atoms.